The smallest absolute Gasteiger partial charge is 0.264 e. The van der Waals surface area contributed by atoms with E-state index in [4.69, 9.17) is 4.98 Å². The molecule has 19 heavy (non-hydrogen) atoms. The SMILES string of the molecule is O=c1[nH]c(-c2sccc2Br)nc(C2CCCC2)c1I. The van der Waals surface area contributed by atoms with Crippen molar-refractivity contribution >= 4 is 49.9 Å². The third-order valence-electron chi connectivity index (χ3n) is 3.46. The van der Waals surface area contributed by atoms with Gasteiger partial charge in [0.1, 0.15) is 3.57 Å². The molecule has 0 radical (unpaired) electrons. The van der Waals surface area contributed by atoms with E-state index in [2.05, 4.69) is 43.5 Å². The van der Waals surface area contributed by atoms with E-state index in [1.54, 1.807) is 11.3 Å². The highest BCUT2D eigenvalue weighted by molar-refractivity contribution is 14.1. The average Bonchev–Trinajstić information content (AvgIpc) is 3.03. The van der Waals surface area contributed by atoms with Gasteiger partial charge in [0.05, 0.1) is 10.6 Å². The molecule has 0 unspecified atom stereocenters. The molecule has 0 saturated heterocycles. The summed E-state index contributed by atoms with van der Waals surface area (Å²) in [5.74, 6) is 1.14. The summed E-state index contributed by atoms with van der Waals surface area (Å²) in [6, 6.07) is 1.98. The van der Waals surface area contributed by atoms with E-state index in [-0.39, 0.29) is 5.56 Å². The number of nitrogens with one attached hydrogen (secondary N) is 1. The molecule has 0 amide bonds. The molecule has 3 nitrogen and oxygen atoms in total. The van der Waals surface area contributed by atoms with Crippen molar-refractivity contribution in [2.24, 2.45) is 0 Å². The number of nitrogens with zero attached hydrogens (tertiary/aromatic N) is 1. The van der Waals surface area contributed by atoms with Gasteiger partial charge in [0.25, 0.3) is 5.56 Å². The van der Waals surface area contributed by atoms with Crippen molar-refractivity contribution in [1.29, 1.82) is 0 Å². The highest BCUT2D eigenvalue weighted by atomic mass is 127. The molecule has 0 aliphatic heterocycles. The Hall–Kier alpha value is -0.210. The van der Waals surface area contributed by atoms with Crippen LogP contribution in [0.25, 0.3) is 10.7 Å². The Morgan fingerprint density at radius 1 is 1.42 bits per heavy atom. The Morgan fingerprint density at radius 3 is 2.79 bits per heavy atom. The molecule has 1 saturated carbocycles. The Balaban J connectivity index is 2.12. The lowest BCUT2D eigenvalue weighted by molar-refractivity contribution is 0.688. The van der Waals surface area contributed by atoms with E-state index >= 15 is 0 Å². The average molecular weight is 451 g/mol. The molecule has 0 aromatic carbocycles. The maximum Gasteiger partial charge on any atom is 0.264 e. The van der Waals surface area contributed by atoms with Crippen molar-refractivity contribution in [3.05, 3.63) is 35.5 Å². The minimum Gasteiger partial charge on any atom is -0.305 e. The molecule has 100 valence electrons. The van der Waals surface area contributed by atoms with Crippen LogP contribution in [-0.2, 0) is 0 Å². The van der Waals surface area contributed by atoms with Gasteiger partial charge in [-0.3, -0.25) is 4.79 Å². The van der Waals surface area contributed by atoms with E-state index in [1.807, 2.05) is 11.4 Å². The van der Waals surface area contributed by atoms with E-state index in [0.29, 0.717) is 11.7 Å². The first kappa shape index (κ1) is 13.8. The molecule has 2 aromatic heterocycles. The van der Waals surface area contributed by atoms with Crippen LogP contribution in [-0.4, -0.2) is 9.97 Å². The predicted octanol–water partition coefficient (Wildman–Crippen LogP) is 4.52. The van der Waals surface area contributed by atoms with Crippen molar-refractivity contribution in [2.75, 3.05) is 0 Å². The zero-order valence-electron chi connectivity index (χ0n) is 10.1. The molecule has 3 rings (SSSR count). The van der Waals surface area contributed by atoms with Crippen LogP contribution in [0.1, 0.15) is 37.3 Å². The number of hydrogen-bond donors (Lipinski definition) is 1. The van der Waals surface area contributed by atoms with Gasteiger partial charge < -0.3 is 4.98 Å². The summed E-state index contributed by atoms with van der Waals surface area (Å²) in [7, 11) is 0. The maximum absolute atomic E-state index is 12.1. The first-order valence-electron chi connectivity index (χ1n) is 6.20. The molecular weight excluding hydrogens is 439 g/mol. The normalized spacial score (nSPS) is 16.1. The van der Waals surface area contributed by atoms with Crippen molar-refractivity contribution in [3.8, 4) is 10.7 Å². The number of rotatable bonds is 2. The summed E-state index contributed by atoms with van der Waals surface area (Å²) in [4.78, 5) is 20.7. The fourth-order valence-electron chi connectivity index (χ4n) is 2.52. The van der Waals surface area contributed by atoms with Gasteiger partial charge in [-0.05, 0) is 62.8 Å². The molecule has 2 aromatic rings. The van der Waals surface area contributed by atoms with E-state index in [0.717, 1.165) is 31.5 Å². The van der Waals surface area contributed by atoms with Crippen LogP contribution in [0.15, 0.2) is 20.7 Å². The molecule has 6 heteroatoms. The number of aromatic nitrogens is 2. The lowest BCUT2D eigenvalue weighted by atomic mass is 10.0. The molecule has 0 spiro atoms. The van der Waals surface area contributed by atoms with Crippen molar-refractivity contribution in [2.45, 2.75) is 31.6 Å². The van der Waals surface area contributed by atoms with Gasteiger partial charge in [0.15, 0.2) is 5.82 Å². The largest absolute Gasteiger partial charge is 0.305 e. The van der Waals surface area contributed by atoms with E-state index < -0.39 is 0 Å². The molecule has 1 N–H and O–H groups in total. The van der Waals surface area contributed by atoms with E-state index in [1.165, 1.54) is 12.8 Å². The quantitative estimate of drug-likeness (QED) is 0.683. The summed E-state index contributed by atoms with van der Waals surface area (Å²) in [5.41, 5.74) is 0.963. The second-order valence-corrected chi connectivity index (χ2v) is 7.54. The molecular formula is C13H12BrIN2OS. The third kappa shape index (κ3) is 2.67. The molecule has 0 bridgehead atoms. The second kappa shape index (κ2) is 5.65. The van der Waals surface area contributed by atoms with Gasteiger partial charge in [-0.15, -0.1) is 11.3 Å². The third-order valence-corrected chi connectivity index (χ3v) is 6.35. The highest BCUT2D eigenvalue weighted by Crippen LogP contribution is 2.36. The fourth-order valence-corrected chi connectivity index (χ4v) is 4.72. The van der Waals surface area contributed by atoms with Gasteiger partial charge in [-0.1, -0.05) is 12.8 Å². The topological polar surface area (TPSA) is 45.8 Å². The first-order valence-corrected chi connectivity index (χ1v) is 8.95. The van der Waals surface area contributed by atoms with Crippen LogP contribution >= 0.6 is 49.9 Å². The second-order valence-electron chi connectivity index (χ2n) is 4.69. The van der Waals surface area contributed by atoms with Gasteiger partial charge in [-0.2, -0.15) is 0 Å². The number of H-pyrrole nitrogens is 1. The minimum absolute atomic E-state index is 0.0206. The standard InChI is InChI=1S/C13H12BrIN2OS/c14-8-5-6-19-11(8)12-16-10(7-3-1-2-4-7)9(15)13(18)17-12/h5-7H,1-4H2,(H,16,17,18). The zero-order chi connectivity index (χ0) is 13.4. The number of thiophene rings is 1. The highest BCUT2D eigenvalue weighted by Gasteiger charge is 2.23. The van der Waals surface area contributed by atoms with Crippen molar-refractivity contribution in [3.63, 3.8) is 0 Å². The Labute approximate surface area is 137 Å². The van der Waals surface area contributed by atoms with Gasteiger partial charge in [-0.25, -0.2) is 4.98 Å². The summed E-state index contributed by atoms with van der Waals surface area (Å²) >= 11 is 7.21. The number of aromatic amines is 1. The lowest BCUT2D eigenvalue weighted by Crippen LogP contribution is -2.17. The van der Waals surface area contributed by atoms with Gasteiger partial charge >= 0.3 is 0 Å². The van der Waals surface area contributed by atoms with Crippen LogP contribution < -0.4 is 5.56 Å². The Bertz CT molecular complexity index is 661. The van der Waals surface area contributed by atoms with Crippen molar-refractivity contribution < 1.29 is 0 Å². The Kier molecular flexibility index (Phi) is 4.09. The molecule has 1 aliphatic carbocycles. The molecule has 1 fully saturated rings. The summed E-state index contributed by atoms with van der Waals surface area (Å²) < 4.78 is 1.74. The molecule has 2 heterocycles. The van der Waals surface area contributed by atoms with Gasteiger partial charge in [0, 0.05) is 10.4 Å². The molecule has 1 aliphatic rings. The number of hydrogen-bond acceptors (Lipinski definition) is 3. The van der Waals surface area contributed by atoms with Crippen molar-refractivity contribution in [1.82, 2.24) is 9.97 Å². The van der Waals surface area contributed by atoms with Gasteiger partial charge in [0.2, 0.25) is 0 Å². The summed E-state index contributed by atoms with van der Waals surface area (Å²) in [5, 5.41) is 1.99. The summed E-state index contributed by atoms with van der Waals surface area (Å²) in [6.45, 7) is 0. The van der Waals surface area contributed by atoms with Crippen LogP contribution in [0, 0.1) is 3.57 Å². The zero-order valence-corrected chi connectivity index (χ0v) is 14.6. The van der Waals surface area contributed by atoms with Crippen LogP contribution in [0.2, 0.25) is 0 Å². The first-order chi connectivity index (χ1) is 9.16. The molecule has 0 atom stereocenters. The van der Waals surface area contributed by atoms with E-state index in [9.17, 15) is 4.79 Å². The van der Waals surface area contributed by atoms with Crippen LogP contribution in [0.5, 0.6) is 0 Å². The lowest BCUT2D eigenvalue weighted by Gasteiger charge is -2.11. The van der Waals surface area contributed by atoms with Crippen LogP contribution in [0.4, 0.5) is 0 Å². The fraction of sp³-hybridized carbons (Fsp3) is 0.385. The maximum atomic E-state index is 12.1. The summed E-state index contributed by atoms with van der Waals surface area (Å²) in [6.07, 6.45) is 4.79. The monoisotopic (exact) mass is 450 g/mol. The minimum atomic E-state index is -0.0206. The predicted molar refractivity (Wildman–Crippen MR) is 89.8 cm³/mol. The van der Waals surface area contributed by atoms with Crippen LogP contribution in [0.3, 0.4) is 0 Å². The number of halogens is 2. The Morgan fingerprint density at radius 2 is 2.16 bits per heavy atom.